The van der Waals surface area contributed by atoms with Gasteiger partial charge in [0.25, 0.3) is 11.8 Å². The largest absolute Gasteiger partial charge is 0.467 e. The summed E-state index contributed by atoms with van der Waals surface area (Å²) in [5.41, 5.74) is 14.4. The minimum absolute atomic E-state index is 0.0367. The van der Waals surface area contributed by atoms with Crippen LogP contribution in [0.15, 0.2) is 23.2 Å². The molecule has 0 saturated carbocycles. The number of nitrogens with one attached hydrogen (secondary N) is 5. The van der Waals surface area contributed by atoms with Gasteiger partial charge in [0.05, 0.1) is 17.8 Å². The minimum atomic E-state index is -1.10. The van der Waals surface area contributed by atoms with E-state index in [0.717, 1.165) is 19.6 Å². The number of nitrogens with zero attached hydrogens (tertiary/aromatic N) is 2. The van der Waals surface area contributed by atoms with Gasteiger partial charge in [0.1, 0.15) is 17.9 Å². The van der Waals surface area contributed by atoms with Gasteiger partial charge in [-0.2, -0.15) is 0 Å². The summed E-state index contributed by atoms with van der Waals surface area (Å²) >= 11 is 0. The zero-order valence-corrected chi connectivity index (χ0v) is 29.2. The molecule has 3 rings (SSSR count). The molecule has 272 valence electrons. The molecule has 15 nitrogen and oxygen atoms in total. The zero-order chi connectivity index (χ0) is 37.0. The number of likely N-dealkylation sites (N-methyl/N-ethyl adjacent to an activating group) is 1. The third kappa shape index (κ3) is 10.5. The number of halogens is 1. The highest BCUT2D eigenvalue weighted by Crippen LogP contribution is 2.37. The molecule has 0 bridgehead atoms. The quantitative estimate of drug-likeness (QED) is 0.118. The standard InChI is InChI=1S/C34H48FN9O6/c1-6-24(31(47)39-17-28(37)45)42-32(48)26(11-12-36)41-29(46)18-50-34-23(22-15-21(35)9-10-25(22)43-34)16-27-19(4)30(20(5)40-27)33(49)38-13-14-44(7-2)8-3/h9-10,15-16,24,26,40H,6-8,11-14,17-18,36H2,1-5H3,(H2,37,45)(H,38,49)(H,39,47)(H,41,46)(H,42,48)/b23-16-/t24-,26-/m0/s1. The molecule has 0 unspecified atom stereocenters. The highest BCUT2D eigenvalue weighted by Gasteiger charge is 2.28. The van der Waals surface area contributed by atoms with Crippen molar-refractivity contribution < 1.29 is 33.1 Å². The third-order valence-electron chi connectivity index (χ3n) is 8.23. The van der Waals surface area contributed by atoms with E-state index in [1.165, 1.54) is 18.2 Å². The minimum Gasteiger partial charge on any atom is -0.467 e. The number of amides is 5. The molecule has 1 aliphatic heterocycles. The molecule has 16 heteroatoms. The predicted molar refractivity (Wildman–Crippen MR) is 188 cm³/mol. The monoisotopic (exact) mass is 697 g/mol. The van der Waals surface area contributed by atoms with Crippen LogP contribution in [0.25, 0.3) is 11.6 Å². The summed E-state index contributed by atoms with van der Waals surface area (Å²) < 4.78 is 20.2. The highest BCUT2D eigenvalue weighted by atomic mass is 19.1. The second-order valence-electron chi connectivity index (χ2n) is 11.7. The topological polar surface area (TPSA) is 226 Å². The Bertz CT molecular complexity index is 1630. The van der Waals surface area contributed by atoms with Crippen molar-refractivity contribution in [1.82, 2.24) is 31.2 Å². The normalized spacial score (nSPS) is 14.1. The van der Waals surface area contributed by atoms with Crippen molar-refractivity contribution in [3.8, 4) is 0 Å². The van der Waals surface area contributed by atoms with Gasteiger partial charge < -0.3 is 47.4 Å². The van der Waals surface area contributed by atoms with E-state index in [0.29, 0.717) is 45.9 Å². The van der Waals surface area contributed by atoms with Gasteiger partial charge in [-0.3, -0.25) is 24.0 Å². The van der Waals surface area contributed by atoms with Gasteiger partial charge in [0.2, 0.25) is 23.6 Å². The summed E-state index contributed by atoms with van der Waals surface area (Å²) in [6.07, 6.45) is 1.96. The van der Waals surface area contributed by atoms with E-state index >= 15 is 0 Å². The Morgan fingerprint density at radius 1 is 1.04 bits per heavy atom. The smallest absolute Gasteiger partial charge is 0.258 e. The number of aryl methyl sites for hydroxylation is 1. The molecule has 2 heterocycles. The first-order valence-corrected chi connectivity index (χ1v) is 16.6. The molecule has 0 spiro atoms. The number of nitrogens with two attached hydrogens (primary N) is 2. The molecular formula is C34H48FN9O6. The van der Waals surface area contributed by atoms with Crippen LogP contribution < -0.4 is 32.7 Å². The number of primary amides is 1. The molecule has 1 aromatic heterocycles. The Hall–Kier alpha value is -5.09. The number of benzene rings is 1. The fourth-order valence-electron chi connectivity index (χ4n) is 5.44. The van der Waals surface area contributed by atoms with Crippen molar-refractivity contribution in [3.63, 3.8) is 0 Å². The summed E-state index contributed by atoms with van der Waals surface area (Å²) in [4.78, 5) is 72.5. The number of fused-ring (bicyclic) bond motifs is 1. The van der Waals surface area contributed by atoms with Gasteiger partial charge in [-0.25, -0.2) is 9.38 Å². The van der Waals surface area contributed by atoms with Crippen molar-refractivity contribution >= 4 is 52.8 Å². The molecule has 0 aliphatic carbocycles. The van der Waals surface area contributed by atoms with Crippen LogP contribution in [0, 0.1) is 19.7 Å². The lowest BCUT2D eigenvalue weighted by Gasteiger charge is -2.22. The lowest BCUT2D eigenvalue weighted by Crippen LogP contribution is -2.55. The number of ether oxygens (including phenoxy) is 1. The van der Waals surface area contributed by atoms with Gasteiger partial charge in [-0.1, -0.05) is 20.8 Å². The van der Waals surface area contributed by atoms with Gasteiger partial charge in [0.15, 0.2) is 6.61 Å². The summed E-state index contributed by atoms with van der Waals surface area (Å²) in [6.45, 7) is 11.5. The summed E-state index contributed by atoms with van der Waals surface area (Å²) in [6, 6.07) is 1.98. The van der Waals surface area contributed by atoms with E-state index in [-0.39, 0.29) is 37.7 Å². The summed E-state index contributed by atoms with van der Waals surface area (Å²) in [5.74, 6) is -3.36. The molecule has 0 saturated heterocycles. The number of aromatic amines is 1. The summed E-state index contributed by atoms with van der Waals surface area (Å²) in [5, 5.41) is 10.4. The van der Waals surface area contributed by atoms with Crippen molar-refractivity contribution in [3.05, 3.63) is 52.1 Å². The van der Waals surface area contributed by atoms with E-state index in [2.05, 4.69) is 50.0 Å². The average molecular weight is 698 g/mol. The second-order valence-corrected chi connectivity index (χ2v) is 11.7. The van der Waals surface area contributed by atoms with Crippen LogP contribution in [0.5, 0.6) is 0 Å². The van der Waals surface area contributed by atoms with Crippen LogP contribution in [0.4, 0.5) is 10.1 Å². The van der Waals surface area contributed by atoms with E-state index in [4.69, 9.17) is 16.2 Å². The van der Waals surface area contributed by atoms with Crippen LogP contribution in [-0.4, -0.2) is 103 Å². The van der Waals surface area contributed by atoms with Crippen LogP contribution >= 0.6 is 0 Å². The molecule has 5 amide bonds. The first kappa shape index (κ1) is 39.3. The van der Waals surface area contributed by atoms with Crippen LogP contribution in [0.1, 0.15) is 66.5 Å². The maximum absolute atomic E-state index is 14.4. The molecule has 50 heavy (non-hydrogen) atoms. The van der Waals surface area contributed by atoms with E-state index in [9.17, 15) is 28.4 Å². The Morgan fingerprint density at radius 3 is 2.40 bits per heavy atom. The zero-order valence-electron chi connectivity index (χ0n) is 29.2. The van der Waals surface area contributed by atoms with Crippen LogP contribution in [0.2, 0.25) is 0 Å². The van der Waals surface area contributed by atoms with Crippen LogP contribution in [0.3, 0.4) is 0 Å². The maximum Gasteiger partial charge on any atom is 0.258 e. The van der Waals surface area contributed by atoms with Gasteiger partial charge in [-0.15, -0.1) is 0 Å². The Morgan fingerprint density at radius 2 is 1.76 bits per heavy atom. The molecule has 0 radical (unpaired) electrons. The van der Waals surface area contributed by atoms with E-state index in [1.807, 2.05) is 0 Å². The average Bonchev–Trinajstić information content (AvgIpc) is 3.57. The maximum atomic E-state index is 14.4. The first-order valence-electron chi connectivity index (χ1n) is 16.6. The van der Waals surface area contributed by atoms with Crippen molar-refractivity contribution in [2.24, 2.45) is 16.5 Å². The van der Waals surface area contributed by atoms with E-state index in [1.54, 1.807) is 26.8 Å². The molecule has 2 aromatic rings. The number of hydrogen-bond donors (Lipinski definition) is 7. The van der Waals surface area contributed by atoms with Crippen molar-refractivity contribution in [1.29, 1.82) is 0 Å². The number of aromatic nitrogens is 1. The third-order valence-corrected chi connectivity index (χ3v) is 8.23. The molecule has 9 N–H and O–H groups in total. The molecule has 1 aliphatic rings. The molecule has 1 aromatic carbocycles. The number of carbonyl (C=O) groups excluding carboxylic acids is 5. The number of rotatable bonds is 18. The summed E-state index contributed by atoms with van der Waals surface area (Å²) in [7, 11) is 0. The number of aliphatic imine (C=N–C) groups is 1. The second kappa shape index (κ2) is 18.6. The van der Waals surface area contributed by atoms with Gasteiger partial charge in [0, 0.05) is 35.6 Å². The molecular weight excluding hydrogens is 649 g/mol. The van der Waals surface area contributed by atoms with Crippen molar-refractivity contribution in [2.45, 2.75) is 59.5 Å². The number of carbonyl (C=O) groups is 5. The predicted octanol–water partition coefficient (Wildman–Crippen LogP) is 0.773. The fourth-order valence-corrected chi connectivity index (χ4v) is 5.44. The Kier molecular flexibility index (Phi) is 14.6. The number of H-pyrrole nitrogens is 1. The van der Waals surface area contributed by atoms with Crippen LogP contribution in [-0.2, 0) is 23.9 Å². The van der Waals surface area contributed by atoms with E-state index < -0.39 is 48.1 Å². The number of hydrogen-bond acceptors (Lipinski definition) is 9. The molecule has 2 atom stereocenters. The highest BCUT2D eigenvalue weighted by molar-refractivity contribution is 6.29. The Balaban J connectivity index is 1.76. The molecule has 0 fully saturated rings. The lowest BCUT2D eigenvalue weighted by atomic mass is 10.0. The van der Waals surface area contributed by atoms with Gasteiger partial charge in [-0.05, 0) is 76.2 Å². The lowest BCUT2D eigenvalue weighted by molar-refractivity contribution is -0.133. The SMILES string of the molecule is CC[C@H](NC(=O)[C@H](CCN)NC(=O)COC1=Nc2ccc(F)cc2/C1=C/c1[nH]c(C)c(C(=O)NCCN(CC)CC)c1C)C(=O)NCC(N)=O. The first-order chi connectivity index (χ1) is 23.8. The van der Waals surface area contributed by atoms with Gasteiger partial charge >= 0.3 is 0 Å². The fraction of sp³-hybridized carbons (Fsp3) is 0.471. The van der Waals surface area contributed by atoms with Crippen molar-refractivity contribution in [2.75, 3.05) is 45.9 Å². The Labute approximate surface area is 290 Å².